The molecule has 1 heterocycles. The van der Waals surface area contributed by atoms with Gasteiger partial charge in [-0.2, -0.15) is 0 Å². The van der Waals surface area contributed by atoms with Crippen molar-refractivity contribution in [2.75, 3.05) is 6.61 Å². The molecule has 0 bridgehead atoms. The van der Waals surface area contributed by atoms with Crippen LogP contribution >= 0.6 is 11.6 Å². The second-order valence-electron chi connectivity index (χ2n) is 7.34. The topological polar surface area (TPSA) is 93.7 Å². The van der Waals surface area contributed by atoms with E-state index >= 15 is 0 Å². The van der Waals surface area contributed by atoms with E-state index in [9.17, 15) is 14.4 Å². The van der Waals surface area contributed by atoms with Gasteiger partial charge in [0.15, 0.2) is 6.10 Å². The van der Waals surface area contributed by atoms with E-state index in [0.717, 1.165) is 31.2 Å². The maximum Gasteiger partial charge on any atom is 0.321 e. The van der Waals surface area contributed by atoms with Gasteiger partial charge in [-0.1, -0.05) is 30.9 Å². The number of halogens is 1. The zero-order valence-electron chi connectivity index (χ0n) is 15.8. The first-order valence-electron chi connectivity index (χ1n) is 9.65. The number of benzene rings is 1. The summed E-state index contributed by atoms with van der Waals surface area (Å²) in [5, 5.41) is 5.60. The Kier molecular flexibility index (Phi) is 6.78. The molecule has 3 amide bonds. The summed E-state index contributed by atoms with van der Waals surface area (Å²) in [5.74, 6) is -1.03. The number of hydrogen-bond acceptors (Lipinski definition) is 5. The first-order valence-corrected chi connectivity index (χ1v) is 10.0. The molecule has 152 valence electrons. The average molecular weight is 409 g/mol. The second kappa shape index (κ2) is 9.28. The van der Waals surface area contributed by atoms with E-state index in [1.807, 2.05) is 0 Å². The minimum atomic E-state index is -1.08. The quantitative estimate of drug-likeness (QED) is 0.747. The van der Waals surface area contributed by atoms with Crippen molar-refractivity contribution in [3.8, 4) is 5.75 Å². The van der Waals surface area contributed by atoms with Crippen molar-refractivity contribution in [2.45, 2.75) is 57.6 Å². The molecule has 0 radical (unpaired) electrons. The number of fused-ring (bicyclic) bond motifs is 1. The standard InChI is InChI=1S/C20H25ClN2O5/c1-12(18(24)23-20(26)22-16-5-3-2-4-6-16)28-19(25)14-9-13-10-15(21)7-8-17(13)27-11-14/h7-8,10,12,14,16H,2-6,9,11H2,1H3,(H2,22,23,24,26)/t12-,14+/m0/s1. The van der Waals surface area contributed by atoms with E-state index in [1.165, 1.54) is 13.3 Å². The van der Waals surface area contributed by atoms with Crippen LogP contribution in [0, 0.1) is 5.92 Å². The fourth-order valence-corrected chi connectivity index (χ4v) is 3.72. The average Bonchev–Trinajstić information content (AvgIpc) is 2.67. The van der Waals surface area contributed by atoms with Crippen molar-refractivity contribution in [3.63, 3.8) is 0 Å². The number of carbonyl (C=O) groups is 3. The first kappa shape index (κ1) is 20.5. The Balaban J connectivity index is 1.47. The lowest BCUT2D eigenvalue weighted by atomic mass is 9.96. The first-order chi connectivity index (χ1) is 13.4. The van der Waals surface area contributed by atoms with Crippen molar-refractivity contribution in [1.82, 2.24) is 10.6 Å². The van der Waals surface area contributed by atoms with E-state index in [-0.39, 0.29) is 12.6 Å². The van der Waals surface area contributed by atoms with Crippen molar-refractivity contribution in [2.24, 2.45) is 5.92 Å². The number of imide groups is 1. The normalized spacial score (nSPS) is 20.3. The number of hydrogen-bond donors (Lipinski definition) is 2. The lowest BCUT2D eigenvalue weighted by molar-refractivity contribution is -0.159. The molecule has 7 nitrogen and oxygen atoms in total. The molecule has 2 atom stereocenters. The van der Waals surface area contributed by atoms with Crippen molar-refractivity contribution in [1.29, 1.82) is 0 Å². The van der Waals surface area contributed by atoms with Crippen LogP contribution in [-0.2, 0) is 20.7 Å². The number of nitrogens with one attached hydrogen (secondary N) is 2. The van der Waals surface area contributed by atoms with Gasteiger partial charge in [0.05, 0.1) is 5.92 Å². The molecule has 1 aliphatic carbocycles. The molecule has 3 rings (SSSR count). The van der Waals surface area contributed by atoms with Gasteiger partial charge in [-0.05, 0) is 49.9 Å². The van der Waals surface area contributed by atoms with Gasteiger partial charge in [-0.3, -0.25) is 14.9 Å². The van der Waals surface area contributed by atoms with Crippen LogP contribution in [0.2, 0.25) is 5.02 Å². The number of rotatable bonds is 4. The van der Waals surface area contributed by atoms with Gasteiger partial charge in [0.25, 0.3) is 5.91 Å². The number of carbonyl (C=O) groups excluding carboxylic acids is 3. The molecular formula is C20H25ClN2O5. The fraction of sp³-hybridized carbons (Fsp3) is 0.550. The molecule has 0 unspecified atom stereocenters. The molecule has 1 aromatic carbocycles. The number of urea groups is 1. The number of amides is 3. The van der Waals surface area contributed by atoms with Gasteiger partial charge in [-0.25, -0.2) is 4.79 Å². The molecule has 1 aliphatic heterocycles. The third-order valence-electron chi connectivity index (χ3n) is 5.10. The van der Waals surface area contributed by atoms with E-state index < -0.39 is 29.9 Å². The summed E-state index contributed by atoms with van der Waals surface area (Å²) < 4.78 is 10.8. The lowest BCUT2D eigenvalue weighted by Crippen LogP contribution is -2.48. The van der Waals surface area contributed by atoms with E-state index in [0.29, 0.717) is 17.2 Å². The van der Waals surface area contributed by atoms with Crippen molar-refractivity contribution in [3.05, 3.63) is 28.8 Å². The van der Waals surface area contributed by atoms with Gasteiger partial charge in [0, 0.05) is 11.1 Å². The molecule has 2 aliphatic rings. The zero-order valence-corrected chi connectivity index (χ0v) is 16.6. The Hall–Kier alpha value is -2.28. The Morgan fingerprint density at radius 3 is 2.71 bits per heavy atom. The molecule has 8 heteroatoms. The lowest BCUT2D eigenvalue weighted by Gasteiger charge is -2.25. The van der Waals surface area contributed by atoms with Crippen LogP contribution in [0.4, 0.5) is 4.79 Å². The highest BCUT2D eigenvalue weighted by Crippen LogP contribution is 2.30. The molecule has 2 N–H and O–H groups in total. The molecule has 0 saturated heterocycles. The minimum absolute atomic E-state index is 0.0886. The largest absolute Gasteiger partial charge is 0.492 e. The molecule has 0 spiro atoms. The Morgan fingerprint density at radius 2 is 1.96 bits per heavy atom. The van der Waals surface area contributed by atoms with Gasteiger partial charge in [-0.15, -0.1) is 0 Å². The fourth-order valence-electron chi connectivity index (χ4n) is 3.52. The summed E-state index contributed by atoms with van der Waals surface area (Å²) in [6.07, 6.45) is 4.50. The summed E-state index contributed by atoms with van der Waals surface area (Å²) >= 11 is 5.99. The summed E-state index contributed by atoms with van der Waals surface area (Å²) in [7, 11) is 0. The van der Waals surface area contributed by atoms with Gasteiger partial charge in [0.1, 0.15) is 12.4 Å². The molecule has 1 saturated carbocycles. The van der Waals surface area contributed by atoms with Crippen LogP contribution in [0.15, 0.2) is 18.2 Å². The monoisotopic (exact) mass is 408 g/mol. The van der Waals surface area contributed by atoms with Crippen molar-refractivity contribution >= 4 is 29.5 Å². The number of esters is 1. The summed E-state index contributed by atoms with van der Waals surface area (Å²) in [6, 6.07) is 4.78. The third kappa shape index (κ3) is 5.38. The molecule has 28 heavy (non-hydrogen) atoms. The van der Waals surface area contributed by atoms with Crippen LogP contribution in [0.3, 0.4) is 0 Å². The second-order valence-corrected chi connectivity index (χ2v) is 7.78. The SMILES string of the molecule is C[C@H](OC(=O)[C@H]1COc2ccc(Cl)cc2C1)C(=O)NC(=O)NC1CCCCC1. The highest BCUT2D eigenvalue weighted by atomic mass is 35.5. The van der Waals surface area contributed by atoms with Gasteiger partial charge in [0.2, 0.25) is 0 Å². The van der Waals surface area contributed by atoms with Crippen LogP contribution < -0.4 is 15.4 Å². The predicted molar refractivity (Wildman–Crippen MR) is 103 cm³/mol. The molecule has 0 aromatic heterocycles. The van der Waals surface area contributed by atoms with Crippen LogP contribution in [-0.4, -0.2) is 36.7 Å². The minimum Gasteiger partial charge on any atom is -0.492 e. The zero-order chi connectivity index (χ0) is 20.1. The van der Waals surface area contributed by atoms with Crippen LogP contribution in [0.1, 0.15) is 44.6 Å². The predicted octanol–water partition coefficient (Wildman–Crippen LogP) is 2.98. The summed E-state index contributed by atoms with van der Waals surface area (Å²) in [6.45, 7) is 1.61. The summed E-state index contributed by atoms with van der Waals surface area (Å²) in [5.41, 5.74) is 0.824. The Labute approximate surface area is 169 Å². The van der Waals surface area contributed by atoms with E-state index in [4.69, 9.17) is 21.1 Å². The highest BCUT2D eigenvalue weighted by molar-refractivity contribution is 6.30. The molecular weight excluding hydrogens is 384 g/mol. The summed E-state index contributed by atoms with van der Waals surface area (Å²) in [4.78, 5) is 36.5. The molecule has 1 fully saturated rings. The van der Waals surface area contributed by atoms with E-state index in [1.54, 1.807) is 18.2 Å². The van der Waals surface area contributed by atoms with Gasteiger partial charge >= 0.3 is 12.0 Å². The van der Waals surface area contributed by atoms with E-state index in [2.05, 4.69) is 10.6 Å². The number of ether oxygens (including phenoxy) is 2. The highest BCUT2D eigenvalue weighted by Gasteiger charge is 2.30. The Morgan fingerprint density at radius 1 is 1.21 bits per heavy atom. The smallest absolute Gasteiger partial charge is 0.321 e. The van der Waals surface area contributed by atoms with Crippen LogP contribution in [0.25, 0.3) is 0 Å². The maximum atomic E-state index is 12.4. The maximum absolute atomic E-state index is 12.4. The van der Waals surface area contributed by atoms with Gasteiger partial charge < -0.3 is 14.8 Å². The third-order valence-corrected chi connectivity index (χ3v) is 5.34. The van der Waals surface area contributed by atoms with Crippen LogP contribution in [0.5, 0.6) is 5.75 Å². The molecule has 1 aromatic rings. The van der Waals surface area contributed by atoms with Crippen molar-refractivity contribution < 1.29 is 23.9 Å². The Bertz CT molecular complexity index is 748.